The Hall–Kier alpha value is -2.84. The second-order valence-electron chi connectivity index (χ2n) is 6.21. The van der Waals surface area contributed by atoms with Crippen LogP contribution in [0.5, 0.6) is 5.75 Å². The molecule has 0 radical (unpaired) electrons. The molecule has 0 saturated carbocycles. The fourth-order valence-corrected chi connectivity index (χ4v) is 3.04. The molecule has 0 bridgehead atoms. The summed E-state index contributed by atoms with van der Waals surface area (Å²) in [5.74, 6) is 0.615. The van der Waals surface area contributed by atoms with Crippen molar-refractivity contribution in [2.24, 2.45) is 0 Å². The summed E-state index contributed by atoms with van der Waals surface area (Å²) in [5.41, 5.74) is 0.812. The molecule has 1 amide bonds. The van der Waals surface area contributed by atoms with Crippen LogP contribution < -0.4 is 4.74 Å². The summed E-state index contributed by atoms with van der Waals surface area (Å²) >= 11 is 0. The van der Waals surface area contributed by atoms with Crippen molar-refractivity contribution in [2.45, 2.75) is 18.9 Å². The first-order chi connectivity index (χ1) is 12.8. The van der Waals surface area contributed by atoms with Crippen molar-refractivity contribution < 1.29 is 14.3 Å². The van der Waals surface area contributed by atoms with Gasteiger partial charge in [-0.3, -0.25) is 4.79 Å². The number of ether oxygens (including phenoxy) is 2. The first kappa shape index (κ1) is 18.0. The lowest BCUT2D eigenvalue weighted by atomic mass is 10.1. The van der Waals surface area contributed by atoms with Crippen molar-refractivity contribution in [3.63, 3.8) is 0 Å². The molecule has 3 rings (SSSR count). The highest BCUT2D eigenvalue weighted by Gasteiger charge is 2.24. The lowest BCUT2D eigenvalue weighted by Crippen LogP contribution is -2.40. The number of carbonyl (C=O) groups is 1. The monoisotopic (exact) mass is 350 g/mol. The van der Waals surface area contributed by atoms with E-state index in [2.05, 4.69) is 6.07 Å². The zero-order valence-corrected chi connectivity index (χ0v) is 14.6. The van der Waals surface area contributed by atoms with E-state index >= 15 is 0 Å². The van der Waals surface area contributed by atoms with Crippen LogP contribution in [0.15, 0.2) is 54.6 Å². The molecule has 0 N–H and O–H groups in total. The van der Waals surface area contributed by atoms with Crippen molar-refractivity contribution in [3.05, 3.63) is 65.7 Å². The summed E-state index contributed by atoms with van der Waals surface area (Å²) in [6.45, 7) is 2.07. The molecule has 1 heterocycles. The number of nitriles is 1. The Morgan fingerprint density at radius 2 is 1.96 bits per heavy atom. The maximum Gasteiger partial charge on any atom is 0.255 e. The molecule has 0 aromatic heterocycles. The third kappa shape index (κ3) is 4.62. The van der Waals surface area contributed by atoms with E-state index in [9.17, 15) is 10.1 Å². The summed E-state index contributed by atoms with van der Waals surface area (Å²) in [4.78, 5) is 14.7. The average molecular weight is 350 g/mol. The zero-order valence-electron chi connectivity index (χ0n) is 14.6. The van der Waals surface area contributed by atoms with Gasteiger partial charge in [0, 0.05) is 13.2 Å². The largest absolute Gasteiger partial charge is 0.492 e. The first-order valence-corrected chi connectivity index (χ1v) is 8.86. The van der Waals surface area contributed by atoms with Crippen LogP contribution in [0.4, 0.5) is 0 Å². The molecule has 2 aromatic carbocycles. The Kier molecular flexibility index (Phi) is 6.24. The van der Waals surface area contributed by atoms with Crippen molar-refractivity contribution in [2.75, 3.05) is 26.3 Å². The molecule has 1 atom stereocenters. The minimum absolute atomic E-state index is 0.0462. The van der Waals surface area contributed by atoms with Gasteiger partial charge in [0.05, 0.1) is 29.8 Å². The summed E-state index contributed by atoms with van der Waals surface area (Å²) in [7, 11) is 0. The molecule has 1 fully saturated rings. The third-order valence-electron chi connectivity index (χ3n) is 4.39. The molecular formula is C21H22N2O3. The molecule has 134 valence electrons. The van der Waals surface area contributed by atoms with Crippen LogP contribution in [-0.2, 0) is 4.74 Å². The van der Waals surface area contributed by atoms with Crippen LogP contribution in [0.3, 0.4) is 0 Å². The van der Waals surface area contributed by atoms with E-state index in [0.717, 1.165) is 25.2 Å². The molecular weight excluding hydrogens is 328 g/mol. The Balaban J connectivity index is 1.69. The van der Waals surface area contributed by atoms with Gasteiger partial charge in [0.15, 0.2) is 0 Å². The normalized spacial score (nSPS) is 16.0. The van der Waals surface area contributed by atoms with Gasteiger partial charge in [0.1, 0.15) is 12.4 Å². The van der Waals surface area contributed by atoms with Crippen LogP contribution >= 0.6 is 0 Å². The van der Waals surface area contributed by atoms with Crippen LogP contribution in [0.1, 0.15) is 28.8 Å². The van der Waals surface area contributed by atoms with E-state index < -0.39 is 0 Å². The minimum Gasteiger partial charge on any atom is -0.492 e. The molecule has 1 aliphatic rings. The molecule has 1 saturated heterocycles. The fourth-order valence-electron chi connectivity index (χ4n) is 3.04. The summed E-state index contributed by atoms with van der Waals surface area (Å²) in [6, 6.07) is 18.5. The molecule has 0 aliphatic carbocycles. The van der Waals surface area contributed by atoms with Crippen LogP contribution in [0, 0.1) is 11.3 Å². The number of amides is 1. The van der Waals surface area contributed by atoms with Gasteiger partial charge in [-0.05, 0) is 37.1 Å². The van der Waals surface area contributed by atoms with E-state index in [1.807, 2.05) is 30.3 Å². The highest BCUT2D eigenvalue weighted by Crippen LogP contribution is 2.17. The third-order valence-corrected chi connectivity index (χ3v) is 4.39. The average Bonchev–Trinajstić information content (AvgIpc) is 3.20. The smallest absolute Gasteiger partial charge is 0.255 e. The van der Waals surface area contributed by atoms with Crippen molar-refractivity contribution in [3.8, 4) is 11.8 Å². The lowest BCUT2D eigenvalue weighted by molar-refractivity contribution is 0.0493. The van der Waals surface area contributed by atoms with Gasteiger partial charge in [-0.1, -0.05) is 30.3 Å². The SMILES string of the molecule is N#Cc1ccccc1C(=O)N(CCOc1ccccc1)CC1CCCO1. The summed E-state index contributed by atoms with van der Waals surface area (Å²) in [6.07, 6.45) is 2.01. The Morgan fingerprint density at radius 1 is 1.19 bits per heavy atom. The first-order valence-electron chi connectivity index (χ1n) is 8.86. The van der Waals surface area contributed by atoms with E-state index in [4.69, 9.17) is 9.47 Å². The standard InChI is InChI=1S/C21H22N2O3/c22-15-17-7-4-5-11-20(17)21(24)23(16-19-10-6-13-25-19)12-14-26-18-8-2-1-3-9-18/h1-5,7-9,11,19H,6,10,12-14,16H2. The molecule has 1 aliphatic heterocycles. The van der Waals surface area contributed by atoms with Gasteiger partial charge in [-0.2, -0.15) is 5.26 Å². The number of hydrogen-bond acceptors (Lipinski definition) is 4. The highest BCUT2D eigenvalue weighted by atomic mass is 16.5. The molecule has 2 aromatic rings. The molecule has 0 spiro atoms. The van der Waals surface area contributed by atoms with Gasteiger partial charge >= 0.3 is 0 Å². The number of rotatable bonds is 7. The maximum atomic E-state index is 13.0. The lowest BCUT2D eigenvalue weighted by Gasteiger charge is -2.26. The number of hydrogen-bond donors (Lipinski definition) is 0. The minimum atomic E-state index is -0.158. The number of para-hydroxylation sites is 1. The van der Waals surface area contributed by atoms with Gasteiger partial charge in [-0.15, -0.1) is 0 Å². The Labute approximate surface area is 153 Å². The second-order valence-corrected chi connectivity index (χ2v) is 6.21. The van der Waals surface area contributed by atoms with Crippen LogP contribution in [0.2, 0.25) is 0 Å². The van der Waals surface area contributed by atoms with Gasteiger partial charge < -0.3 is 14.4 Å². The van der Waals surface area contributed by atoms with Gasteiger partial charge in [0.25, 0.3) is 5.91 Å². The molecule has 26 heavy (non-hydrogen) atoms. The zero-order chi connectivity index (χ0) is 18.2. The van der Waals surface area contributed by atoms with E-state index in [0.29, 0.717) is 30.8 Å². The predicted octanol–water partition coefficient (Wildman–Crippen LogP) is 3.26. The summed E-state index contributed by atoms with van der Waals surface area (Å²) in [5, 5.41) is 9.29. The van der Waals surface area contributed by atoms with E-state index in [1.165, 1.54) is 0 Å². The second kappa shape index (κ2) is 9.02. The van der Waals surface area contributed by atoms with Crippen molar-refractivity contribution in [1.82, 2.24) is 4.90 Å². The Morgan fingerprint density at radius 3 is 2.69 bits per heavy atom. The Bertz CT molecular complexity index is 764. The van der Waals surface area contributed by atoms with Crippen LogP contribution in [-0.4, -0.2) is 43.2 Å². The molecule has 5 heteroatoms. The van der Waals surface area contributed by atoms with E-state index in [1.54, 1.807) is 29.2 Å². The van der Waals surface area contributed by atoms with Gasteiger partial charge in [-0.25, -0.2) is 0 Å². The quantitative estimate of drug-likeness (QED) is 0.769. The summed E-state index contributed by atoms with van der Waals surface area (Å²) < 4.78 is 11.4. The topological polar surface area (TPSA) is 62.6 Å². The maximum absolute atomic E-state index is 13.0. The number of carbonyl (C=O) groups excluding carboxylic acids is 1. The number of nitrogens with zero attached hydrogens (tertiary/aromatic N) is 2. The molecule has 1 unspecified atom stereocenters. The fraction of sp³-hybridized carbons (Fsp3) is 0.333. The predicted molar refractivity (Wildman–Crippen MR) is 98.0 cm³/mol. The van der Waals surface area contributed by atoms with Gasteiger partial charge in [0.2, 0.25) is 0 Å². The number of benzene rings is 2. The van der Waals surface area contributed by atoms with E-state index in [-0.39, 0.29) is 12.0 Å². The molecule has 5 nitrogen and oxygen atoms in total. The van der Waals surface area contributed by atoms with Crippen molar-refractivity contribution >= 4 is 5.91 Å². The van der Waals surface area contributed by atoms with Crippen LogP contribution in [0.25, 0.3) is 0 Å². The van der Waals surface area contributed by atoms with Crippen molar-refractivity contribution in [1.29, 1.82) is 5.26 Å². The highest BCUT2D eigenvalue weighted by molar-refractivity contribution is 5.96.